The Morgan fingerprint density at radius 2 is 2.04 bits per heavy atom. The van der Waals surface area contributed by atoms with Crippen molar-refractivity contribution in [2.45, 2.75) is 37.5 Å². The van der Waals surface area contributed by atoms with E-state index < -0.39 is 5.97 Å². The molecule has 0 radical (unpaired) electrons. The zero-order valence-corrected chi connectivity index (χ0v) is 14.8. The topological polar surface area (TPSA) is 86.1 Å². The number of rotatable bonds is 8. The zero-order chi connectivity index (χ0) is 17.6. The largest absolute Gasteiger partial charge is 0.455 e. The molecule has 0 unspecified atom stereocenters. The van der Waals surface area contributed by atoms with E-state index >= 15 is 0 Å². The SMILES string of the molecule is Cc1nnc(SCC(=O)OCC(=O)NC2CC2)n1Cc1ccccc1. The Morgan fingerprint density at radius 1 is 1.28 bits per heavy atom. The number of nitrogens with zero attached hydrogens (tertiary/aromatic N) is 3. The maximum Gasteiger partial charge on any atom is 0.316 e. The van der Waals surface area contributed by atoms with Gasteiger partial charge in [-0.15, -0.1) is 10.2 Å². The van der Waals surface area contributed by atoms with Crippen LogP contribution in [0.3, 0.4) is 0 Å². The predicted octanol–water partition coefficient (Wildman–Crippen LogP) is 1.55. The van der Waals surface area contributed by atoms with Crippen LogP contribution in [-0.2, 0) is 20.9 Å². The molecular formula is C17H20N4O3S. The van der Waals surface area contributed by atoms with Gasteiger partial charge in [0.05, 0.1) is 12.3 Å². The fourth-order valence-corrected chi connectivity index (χ4v) is 3.01. The first-order valence-corrected chi connectivity index (χ1v) is 9.12. The van der Waals surface area contributed by atoms with Crippen molar-refractivity contribution in [1.82, 2.24) is 20.1 Å². The molecule has 132 valence electrons. The van der Waals surface area contributed by atoms with Gasteiger partial charge in [-0.2, -0.15) is 0 Å². The van der Waals surface area contributed by atoms with Gasteiger partial charge in [-0.3, -0.25) is 9.59 Å². The molecule has 1 N–H and O–H groups in total. The number of thioether (sulfide) groups is 1. The predicted molar refractivity (Wildman–Crippen MR) is 93.2 cm³/mol. The number of carbonyl (C=O) groups excluding carboxylic acids is 2. The smallest absolute Gasteiger partial charge is 0.316 e. The summed E-state index contributed by atoms with van der Waals surface area (Å²) in [4.78, 5) is 23.3. The van der Waals surface area contributed by atoms with Gasteiger partial charge < -0.3 is 14.6 Å². The molecule has 1 aliphatic rings. The molecule has 1 aliphatic carbocycles. The molecule has 1 heterocycles. The van der Waals surface area contributed by atoms with E-state index in [1.807, 2.05) is 41.8 Å². The highest BCUT2D eigenvalue weighted by Crippen LogP contribution is 2.19. The first-order chi connectivity index (χ1) is 12.1. The average Bonchev–Trinajstić information content (AvgIpc) is 3.36. The van der Waals surface area contributed by atoms with Gasteiger partial charge in [0, 0.05) is 6.04 Å². The van der Waals surface area contributed by atoms with Crippen LogP contribution in [0.25, 0.3) is 0 Å². The first-order valence-electron chi connectivity index (χ1n) is 8.13. The van der Waals surface area contributed by atoms with Gasteiger partial charge >= 0.3 is 5.97 Å². The third kappa shape index (κ3) is 5.32. The number of esters is 1. The molecule has 0 atom stereocenters. The Balaban J connectivity index is 1.49. The van der Waals surface area contributed by atoms with Crippen LogP contribution in [0, 0.1) is 6.92 Å². The highest BCUT2D eigenvalue weighted by Gasteiger charge is 2.23. The van der Waals surface area contributed by atoms with Gasteiger partial charge in [-0.25, -0.2) is 0 Å². The first kappa shape index (κ1) is 17.5. The molecule has 7 nitrogen and oxygen atoms in total. The van der Waals surface area contributed by atoms with Crippen LogP contribution in [-0.4, -0.2) is 45.0 Å². The summed E-state index contributed by atoms with van der Waals surface area (Å²) in [6.07, 6.45) is 2.01. The Bertz CT molecular complexity index is 744. The number of nitrogens with one attached hydrogen (secondary N) is 1. The molecule has 2 aromatic rings. The Morgan fingerprint density at radius 3 is 2.76 bits per heavy atom. The summed E-state index contributed by atoms with van der Waals surface area (Å²) in [5.74, 6) is 0.180. The van der Waals surface area contributed by atoms with Gasteiger partial charge in [0.25, 0.3) is 5.91 Å². The standard InChI is InChI=1S/C17H20N4O3S/c1-12-19-20-17(21(12)9-13-5-3-2-4-6-13)25-11-16(23)24-10-15(22)18-14-7-8-14/h2-6,14H,7-11H2,1H3,(H,18,22). The van der Waals surface area contributed by atoms with Crippen LogP contribution < -0.4 is 5.32 Å². The molecule has 0 spiro atoms. The third-order valence-corrected chi connectivity index (χ3v) is 4.65. The van der Waals surface area contributed by atoms with E-state index in [9.17, 15) is 9.59 Å². The summed E-state index contributed by atoms with van der Waals surface area (Å²) in [5.41, 5.74) is 1.13. The van der Waals surface area contributed by atoms with Crippen molar-refractivity contribution in [2.75, 3.05) is 12.4 Å². The fourth-order valence-electron chi connectivity index (χ4n) is 2.22. The lowest BCUT2D eigenvalue weighted by atomic mass is 10.2. The molecule has 0 saturated heterocycles. The van der Waals surface area contributed by atoms with E-state index in [-0.39, 0.29) is 24.3 Å². The number of benzene rings is 1. The quantitative estimate of drug-likeness (QED) is 0.568. The molecule has 1 saturated carbocycles. The zero-order valence-electron chi connectivity index (χ0n) is 14.0. The van der Waals surface area contributed by atoms with E-state index in [1.165, 1.54) is 11.8 Å². The van der Waals surface area contributed by atoms with Gasteiger partial charge in [-0.05, 0) is 25.3 Å². The number of aromatic nitrogens is 3. The molecule has 1 aromatic carbocycles. The van der Waals surface area contributed by atoms with E-state index in [2.05, 4.69) is 15.5 Å². The van der Waals surface area contributed by atoms with E-state index in [4.69, 9.17) is 4.74 Å². The highest BCUT2D eigenvalue weighted by molar-refractivity contribution is 7.99. The van der Waals surface area contributed by atoms with Crippen molar-refractivity contribution in [3.8, 4) is 0 Å². The lowest BCUT2D eigenvalue weighted by Crippen LogP contribution is -2.30. The molecule has 8 heteroatoms. The lowest BCUT2D eigenvalue weighted by Gasteiger charge is -2.08. The minimum absolute atomic E-state index is 0.0869. The van der Waals surface area contributed by atoms with Gasteiger partial charge in [0.1, 0.15) is 5.82 Å². The molecule has 25 heavy (non-hydrogen) atoms. The van der Waals surface area contributed by atoms with Gasteiger partial charge in [0.15, 0.2) is 11.8 Å². The second-order valence-corrected chi connectivity index (χ2v) is 6.84. The minimum Gasteiger partial charge on any atom is -0.455 e. The van der Waals surface area contributed by atoms with Crippen molar-refractivity contribution < 1.29 is 14.3 Å². The normalized spacial score (nSPS) is 13.5. The number of carbonyl (C=O) groups is 2. The molecule has 0 aliphatic heterocycles. The second kappa shape index (κ2) is 8.15. The van der Waals surface area contributed by atoms with Crippen molar-refractivity contribution in [3.63, 3.8) is 0 Å². The van der Waals surface area contributed by atoms with Crippen LogP contribution in [0.1, 0.15) is 24.2 Å². The number of amides is 1. The van der Waals surface area contributed by atoms with Crippen molar-refractivity contribution in [1.29, 1.82) is 0 Å². The maximum atomic E-state index is 11.8. The monoisotopic (exact) mass is 360 g/mol. The molecule has 1 fully saturated rings. The van der Waals surface area contributed by atoms with Gasteiger partial charge in [-0.1, -0.05) is 42.1 Å². The van der Waals surface area contributed by atoms with E-state index in [1.54, 1.807) is 0 Å². The molecule has 3 rings (SSSR count). The Hall–Kier alpha value is -2.35. The average molecular weight is 360 g/mol. The summed E-state index contributed by atoms with van der Waals surface area (Å²) in [5, 5.41) is 11.6. The Labute approximate surface area is 150 Å². The summed E-state index contributed by atoms with van der Waals surface area (Å²) >= 11 is 1.26. The number of aryl methyl sites for hydroxylation is 1. The van der Waals surface area contributed by atoms with Crippen molar-refractivity contribution in [3.05, 3.63) is 41.7 Å². The maximum absolute atomic E-state index is 11.8. The summed E-state index contributed by atoms with van der Waals surface area (Å²) in [6, 6.07) is 10.2. The third-order valence-electron chi connectivity index (χ3n) is 3.71. The number of hydrogen-bond acceptors (Lipinski definition) is 6. The van der Waals surface area contributed by atoms with Crippen molar-refractivity contribution in [2.24, 2.45) is 0 Å². The molecule has 1 amide bonds. The second-order valence-electron chi connectivity index (χ2n) is 5.89. The number of hydrogen-bond donors (Lipinski definition) is 1. The summed E-state index contributed by atoms with van der Waals surface area (Å²) in [6.45, 7) is 2.28. The summed E-state index contributed by atoms with van der Waals surface area (Å²) in [7, 11) is 0. The van der Waals surface area contributed by atoms with Crippen molar-refractivity contribution >= 4 is 23.6 Å². The van der Waals surface area contributed by atoms with Crippen LogP contribution >= 0.6 is 11.8 Å². The van der Waals surface area contributed by atoms with E-state index in [0.717, 1.165) is 24.2 Å². The highest BCUT2D eigenvalue weighted by atomic mass is 32.2. The van der Waals surface area contributed by atoms with Crippen LogP contribution in [0.2, 0.25) is 0 Å². The molecular weight excluding hydrogens is 340 g/mol. The van der Waals surface area contributed by atoms with Crippen LogP contribution in [0.15, 0.2) is 35.5 Å². The fraction of sp³-hybridized carbons (Fsp3) is 0.412. The lowest BCUT2D eigenvalue weighted by molar-refractivity contribution is -0.145. The van der Waals surface area contributed by atoms with Crippen LogP contribution in [0.5, 0.6) is 0 Å². The van der Waals surface area contributed by atoms with Crippen LogP contribution in [0.4, 0.5) is 0 Å². The van der Waals surface area contributed by atoms with E-state index in [0.29, 0.717) is 11.7 Å². The minimum atomic E-state index is -0.442. The molecule has 0 bridgehead atoms. The van der Waals surface area contributed by atoms with Gasteiger partial charge in [0.2, 0.25) is 0 Å². The number of ether oxygens (including phenoxy) is 1. The molecule has 1 aromatic heterocycles. The summed E-state index contributed by atoms with van der Waals surface area (Å²) < 4.78 is 6.94. The Kier molecular flexibility index (Phi) is 5.70.